The van der Waals surface area contributed by atoms with E-state index in [-0.39, 0.29) is 0 Å². The summed E-state index contributed by atoms with van der Waals surface area (Å²) in [7, 11) is 0. The average molecular weight is 388 g/mol. The van der Waals surface area contributed by atoms with Crippen molar-refractivity contribution in [1.82, 2.24) is 19.5 Å². The summed E-state index contributed by atoms with van der Waals surface area (Å²) in [5.74, 6) is 2.48. The maximum absolute atomic E-state index is 5.89. The standard InChI is InChI=1S/C23H24N4O2/c1-2-13-26(12-1)14-16-28-19-10-8-18(9-11-19)17-22-24-23-7-3-5-20(27(23)25-22)21-6-4-15-29-21/h3-11,15H,1-2,12-14,16-17H2. The topological polar surface area (TPSA) is 55.8 Å². The predicted octanol–water partition coefficient (Wildman–Crippen LogP) is 4.05. The summed E-state index contributed by atoms with van der Waals surface area (Å²) in [5, 5.41) is 4.69. The summed E-state index contributed by atoms with van der Waals surface area (Å²) < 4.78 is 13.3. The molecule has 0 aliphatic carbocycles. The molecule has 0 N–H and O–H groups in total. The lowest BCUT2D eigenvalue weighted by molar-refractivity contribution is 0.238. The minimum Gasteiger partial charge on any atom is -0.492 e. The molecule has 6 heteroatoms. The molecule has 29 heavy (non-hydrogen) atoms. The first-order valence-corrected chi connectivity index (χ1v) is 10.2. The van der Waals surface area contributed by atoms with Gasteiger partial charge in [-0.25, -0.2) is 9.50 Å². The van der Waals surface area contributed by atoms with Crippen LogP contribution >= 0.6 is 0 Å². The summed E-state index contributed by atoms with van der Waals surface area (Å²) in [6.45, 7) is 4.15. The van der Waals surface area contributed by atoms with Crippen molar-refractivity contribution in [2.45, 2.75) is 19.3 Å². The molecule has 1 aromatic carbocycles. The largest absolute Gasteiger partial charge is 0.492 e. The second-order valence-electron chi connectivity index (χ2n) is 7.40. The van der Waals surface area contributed by atoms with Crippen molar-refractivity contribution in [2.24, 2.45) is 0 Å². The Balaban J connectivity index is 1.25. The molecule has 4 heterocycles. The van der Waals surface area contributed by atoms with E-state index in [0.29, 0.717) is 6.42 Å². The summed E-state index contributed by atoms with van der Waals surface area (Å²) >= 11 is 0. The first kappa shape index (κ1) is 17.9. The van der Waals surface area contributed by atoms with Crippen LogP contribution in [0.2, 0.25) is 0 Å². The Kier molecular flexibility index (Phi) is 5.01. The average Bonchev–Trinajstić information content (AvgIpc) is 3.50. The maximum atomic E-state index is 5.89. The van der Waals surface area contributed by atoms with Crippen LogP contribution in [0.25, 0.3) is 17.1 Å². The maximum Gasteiger partial charge on any atom is 0.156 e. The Hall–Kier alpha value is -3.12. The van der Waals surface area contributed by atoms with Gasteiger partial charge < -0.3 is 9.15 Å². The number of likely N-dealkylation sites (tertiary alicyclic amines) is 1. The van der Waals surface area contributed by atoms with Gasteiger partial charge in [-0.2, -0.15) is 5.10 Å². The van der Waals surface area contributed by atoms with Gasteiger partial charge >= 0.3 is 0 Å². The minimum atomic E-state index is 0.674. The molecule has 148 valence electrons. The van der Waals surface area contributed by atoms with Crippen molar-refractivity contribution in [3.8, 4) is 17.2 Å². The predicted molar refractivity (Wildman–Crippen MR) is 111 cm³/mol. The quantitative estimate of drug-likeness (QED) is 0.478. The number of aromatic nitrogens is 3. The summed E-state index contributed by atoms with van der Waals surface area (Å²) in [5.41, 5.74) is 2.87. The van der Waals surface area contributed by atoms with Gasteiger partial charge in [0, 0.05) is 13.0 Å². The van der Waals surface area contributed by atoms with E-state index in [1.54, 1.807) is 6.26 Å². The number of fused-ring (bicyclic) bond motifs is 1. The van der Waals surface area contributed by atoms with Crippen molar-refractivity contribution in [3.63, 3.8) is 0 Å². The Labute approximate surface area is 169 Å². The molecule has 0 atom stereocenters. The van der Waals surface area contributed by atoms with Gasteiger partial charge in [-0.05, 0) is 67.9 Å². The number of ether oxygens (including phenoxy) is 1. The van der Waals surface area contributed by atoms with Crippen LogP contribution in [-0.2, 0) is 6.42 Å². The smallest absolute Gasteiger partial charge is 0.156 e. The Morgan fingerprint density at radius 1 is 0.966 bits per heavy atom. The van der Waals surface area contributed by atoms with E-state index >= 15 is 0 Å². The van der Waals surface area contributed by atoms with Crippen molar-refractivity contribution in [2.75, 3.05) is 26.2 Å². The lowest BCUT2D eigenvalue weighted by atomic mass is 10.1. The van der Waals surface area contributed by atoms with Crippen LogP contribution in [0.4, 0.5) is 0 Å². The van der Waals surface area contributed by atoms with Crippen molar-refractivity contribution >= 4 is 5.65 Å². The third-order valence-corrected chi connectivity index (χ3v) is 5.34. The zero-order chi connectivity index (χ0) is 19.5. The van der Waals surface area contributed by atoms with E-state index in [1.165, 1.54) is 25.9 Å². The Morgan fingerprint density at radius 2 is 1.83 bits per heavy atom. The highest BCUT2D eigenvalue weighted by Crippen LogP contribution is 2.21. The highest BCUT2D eigenvalue weighted by molar-refractivity contribution is 5.57. The molecule has 1 aliphatic rings. The molecule has 6 nitrogen and oxygen atoms in total. The number of hydrogen-bond donors (Lipinski definition) is 0. The number of furan rings is 1. The lowest BCUT2D eigenvalue weighted by Gasteiger charge is -2.14. The first-order chi connectivity index (χ1) is 14.3. The fourth-order valence-electron chi connectivity index (χ4n) is 3.82. The SMILES string of the molecule is c1coc(-c2cccc3nc(Cc4ccc(OCCN5CCCC5)cc4)nn23)c1. The highest BCUT2D eigenvalue weighted by Gasteiger charge is 2.12. The summed E-state index contributed by atoms with van der Waals surface area (Å²) in [6, 6.07) is 18.0. The zero-order valence-corrected chi connectivity index (χ0v) is 16.3. The van der Waals surface area contributed by atoms with Gasteiger partial charge in [-0.15, -0.1) is 0 Å². The molecule has 0 spiro atoms. The van der Waals surface area contributed by atoms with Gasteiger partial charge in [0.25, 0.3) is 0 Å². The number of pyridine rings is 1. The normalized spacial score (nSPS) is 14.6. The van der Waals surface area contributed by atoms with Gasteiger partial charge in [0.05, 0.1) is 6.26 Å². The van der Waals surface area contributed by atoms with Crippen LogP contribution in [0.3, 0.4) is 0 Å². The van der Waals surface area contributed by atoms with E-state index in [9.17, 15) is 0 Å². The van der Waals surface area contributed by atoms with Crippen LogP contribution in [0.15, 0.2) is 65.3 Å². The van der Waals surface area contributed by atoms with E-state index in [0.717, 1.165) is 47.4 Å². The Bertz CT molecular complexity index is 1060. The van der Waals surface area contributed by atoms with E-state index in [1.807, 2.05) is 47.0 Å². The van der Waals surface area contributed by atoms with Gasteiger partial charge in [-0.3, -0.25) is 4.90 Å². The monoisotopic (exact) mass is 388 g/mol. The molecule has 4 aromatic rings. The molecule has 0 unspecified atom stereocenters. The van der Waals surface area contributed by atoms with Crippen LogP contribution < -0.4 is 4.74 Å². The zero-order valence-electron chi connectivity index (χ0n) is 16.3. The fraction of sp³-hybridized carbons (Fsp3) is 0.304. The number of nitrogens with zero attached hydrogens (tertiary/aromatic N) is 4. The van der Waals surface area contributed by atoms with E-state index < -0.39 is 0 Å². The van der Waals surface area contributed by atoms with Crippen molar-refractivity contribution in [1.29, 1.82) is 0 Å². The van der Waals surface area contributed by atoms with Gasteiger partial charge in [0.1, 0.15) is 18.1 Å². The minimum absolute atomic E-state index is 0.674. The van der Waals surface area contributed by atoms with Crippen LogP contribution in [-0.4, -0.2) is 45.7 Å². The van der Waals surface area contributed by atoms with Crippen molar-refractivity contribution in [3.05, 3.63) is 72.2 Å². The number of hydrogen-bond acceptors (Lipinski definition) is 5. The molecule has 1 saturated heterocycles. The summed E-state index contributed by atoms with van der Waals surface area (Å²) in [6.07, 6.45) is 4.97. The first-order valence-electron chi connectivity index (χ1n) is 10.2. The fourth-order valence-corrected chi connectivity index (χ4v) is 3.82. The second kappa shape index (κ2) is 8.09. The van der Waals surface area contributed by atoms with Crippen LogP contribution in [0.1, 0.15) is 24.2 Å². The molecule has 0 amide bonds. The van der Waals surface area contributed by atoms with Gasteiger partial charge in [-0.1, -0.05) is 18.2 Å². The summed E-state index contributed by atoms with van der Waals surface area (Å²) in [4.78, 5) is 7.13. The van der Waals surface area contributed by atoms with Crippen molar-refractivity contribution < 1.29 is 9.15 Å². The highest BCUT2D eigenvalue weighted by atomic mass is 16.5. The molecule has 0 bridgehead atoms. The third kappa shape index (κ3) is 4.03. The van der Waals surface area contributed by atoms with E-state index in [4.69, 9.17) is 9.15 Å². The molecule has 3 aromatic heterocycles. The van der Waals surface area contributed by atoms with E-state index in [2.05, 4.69) is 27.1 Å². The van der Waals surface area contributed by atoms with Gasteiger partial charge in [0.15, 0.2) is 17.2 Å². The molecule has 1 aliphatic heterocycles. The molecule has 0 radical (unpaired) electrons. The second-order valence-corrected chi connectivity index (χ2v) is 7.40. The molecule has 5 rings (SSSR count). The third-order valence-electron chi connectivity index (χ3n) is 5.34. The van der Waals surface area contributed by atoms with Gasteiger partial charge in [0.2, 0.25) is 0 Å². The number of benzene rings is 1. The molecular weight excluding hydrogens is 364 g/mol. The molecule has 1 fully saturated rings. The van der Waals surface area contributed by atoms with Crippen LogP contribution in [0, 0.1) is 0 Å². The number of rotatable bonds is 7. The Morgan fingerprint density at radius 3 is 2.62 bits per heavy atom. The molecular formula is C23H24N4O2. The lowest BCUT2D eigenvalue weighted by Crippen LogP contribution is -2.25. The molecule has 0 saturated carbocycles. The van der Waals surface area contributed by atoms with Crippen LogP contribution in [0.5, 0.6) is 5.75 Å².